The van der Waals surface area contributed by atoms with Crippen molar-refractivity contribution in [2.45, 2.75) is 4.90 Å². The predicted octanol–water partition coefficient (Wildman–Crippen LogP) is 3.24. The molecule has 3 N–H and O–H groups in total. The normalized spacial score (nSPS) is 10.1. The Labute approximate surface area is 110 Å². The average Bonchev–Trinajstić information content (AvgIpc) is 2.39. The highest BCUT2D eigenvalue weighted by atomic mass is 32.2. The van der Waals surface area contributed by atoms with Gasteiger partial charge in [0, 0.05) is 21.8 Å². The number of nitrogen functional groups attached to an aromatic ring is 1. The Balaban J connectivity index is 2.16. The summed E-state index contributed by atoms with van der Waals surface area (Å²) < 4.78 is 0. The molecule has 18 heavy (non-hydrogen) atoms. The summed E-state index contributed by atoms with van der Waals surface area (Å²) in [5.41, 5.74) is 7.58. The molecule has 2 rings (SSSR count). The molecular weight excluding hydrogens is 244 g/mol. The van der Waals surface area contributed by atoms with Crippen LogP contribution in [0.15, 0.2) is 53.4 Å². The highest BCUT2D eigenvalue weighted by molar-refractivity contribution is 7.98. The fraction of sp³-hybridized carbons (Fsp3) is 0.0714. The summed E-state index contributed by atoms with van der Waals surface area (Å²) in [5, 5.41) is 2.85. The van der Waals surface area contributed by atoms with Gasteiger partial charge in [0.1, 0.15) is 0 Å². The van der Waals surface area contributed by atoms with Crippen molar-refractivity contribution in [2.24, 2.45) is 0 Å². The van der Waals surface area contributed by atoms with Crippen LogP contribution in [-0.2, 0) is 0 Å². The van der Waals surface area contributed by atoms with Gasteiger partial charge in [0.05, 0.1) is 0 Å². The molecule has 0 fully saturated rings. The topological polar surface area (TPSA) is 55.1 Å². The predicted molar refractivity (Wildman–Crippen MR) is 77.0 cm³/mol. The Morgan fingerprint density at radius 2 is 1.94 bits per heavy atom. The number of anilines is 2. The summed E-state index contributed by atoms with van der Waals surface area (Å²) in [4.78, 5) is 13.1. The number of carbonyl (C=O) groups excluding carboxylic acids is 1. The monoisotopic (exact) mass is 258 g/mol. The summed E-state index contributed by atoms with van der Waals surface area (Å²) in [5.74, 6) is -0.152. The van der Waals surface area contributed by atoms with Crippen molar-refractivity contribution in [3.8, 4) is 0 Å². The number of thioether (sulfide) groups is 1. The molecule has 3 nitrogen and oxygen atoms in total. The first-order valence-electron chi connectivity index (χ1n) is 5.50. The average molecular weight is 258 g/mol. The number of nitrogens with one attached hydrogen (secondary N) is 1. The van der Waals surface area contributed by atoms with E-state index in [4.69, 9.17) is 5.73 Å². The maximum absolute atomic E-state index is 12.0. The number of hydrogen-bond acceptors (Lipinski definition) is 3. The van der Waals surface area contributed by atoms with Gasteiger partial charge in [-0.15, -0.1) is 11.8 Å². The van der Waals surface area contributed by atoms with Gasteiger partial charge < -0.3 is 11.1 Å². The SMILES string of the molecule is CSc1cccc(NC(=O)c2cccc(N)c2)c1. The number of nitrogens with two attached hydrogens (primary N) is 1. The van der Waals surface area contributed by atoms with Gasteiger partial charge in [-0.3, -0.25) is 4.79 Å². The summed E-state index contributed by atoms with van der Waals surface area (Å²) in [6.07, 6.45) is 2.00. The third-order valence-electron chi connectivity index (χ3n) is 2.48. The number of rotatable bonds is 3. The second-order valence-corrected chi connectivity index (χ2v) is 4.69. The Hall–Kier alpha value is -1.94. The summed E-state index contributed by atoms with van der Waals surface area (Å²) in [6.45, 7) is 0. The van der Waals surface area contributed by atoms with Crippen LogP contribution in [-0.4, -0.2) is 12.2 Å². The highest BCUT2D eigenvalue weighted by Gasteiger charge is 2.06. The molecule has 1 amide bonds. The van der Waals surface area contributed by atoms with E-state index in [-0.39, 0.29) is 5.91 Å². The van der Waals surface area contributed by atoms with E-state index in [0.29, 0.717) is 11.3 Å². The molecule has 2 aromatic carbocycles. The molecule has 92 valence electrons. The largest absolute Gasteiger partial charge is 0.399 e. The number of hydrogen-bond donors (Lipinski definition) is 2. The van der Waals surface area contributed by atoms with Crippen molar-refractivity contribution in [2.75, 3.05) is 17.3 Å². The fourth-order valence-electron chi connectivity index (χ4n) is 1.58. The second kappa shape index (κ2) is 5.60. The van der Waals surface area contributed by atoms with Gasteiger partial charge in [0.2, 0.25) is 0 Å². The minimum absolute atomic E-state index is 0.152. The molecule has 4 heteroatoms. The Morgan fingerprint density at radius 1 is 1.17 bits per heavy atom. The summed E-state index contributed by atoms with van der Waals surface area (Å²) in [7, 11) is 0. The van der Waals surface area contributed by atoms with Crippen LogP contribution in [0, 0.1) is 0 Å². The molecule has 0 unspecified atom stereocenters. The van der Waals surface area contributed by atoms with Gasteiger partial charge in [-0.2, -0.15) is 0 Å². The standard InChI is InChI=1S/C14H14N2OS/c1-18-13-7-3-6-12(9-13)16-14(17)10-4-2-5-11(15)8-10/h2-9H,15H2,1H3,(H,16,17). The zero-order valence-electron chi connectivity index (χ0n) is 10.0. The summed E-state index contributed by atoms with van der Waals surface area (Å²) >= 11 is 1.64. The fourth-order valence-corrected chi connectivity index (χ4v) is 2.04. The molecule has 0 aliphatic carbocycles. The van der Waals surface area contributed by atoms with Crippen molar-refractivity contribution in [1.82, 2.24) is 0 Å². The van der Waals surface area contributed by atoms with Crippen LogP contribution < -0.4 is 11.1 Å². The van der Waals surface area contributed by atoms with Crippen LogP contribution in [0.2, 0.25) is 0 Å². The lowest BCUT2D eigenvalue weighted by Crippen LogP contribution is -2.12. The van der Waals surface area contributed by atoms with Gasteiger partial charge >= 0.3 is 0 Å². The van der Waals surface area contributed by atoms with Crippen LogP contribution in [0.4, 0.5) is 11.4 Å². The van der Waals surface area contributed by atoms with Crippen molar-refractivity contribution >= 4 is 29.0 Å². The van der Waals surface area contributed by atoms with E-state index >= 15 is 0 Å². The Kier molecular flexibility index (Phi) is 3.89. The van der Waals surface area contributed by atoms with E-state index in [9.17, 15) is 4.79 Å². The lowest BCUT2D eigenvalue weighted by Gasteiger charge is -2.07. The zero-order chi connectivity index (χ0) is 13.0. The molecule has 0 heterocycles. The van der Waals surface area contributed by atoms with Gasteiger partial charge in [-0.25, -0.2) is 0 Å². The molecular formula is C14H14N2OS. The van der Waals surface area contributed by atoms with Gasteiger partial charge in [0.15, 0.2) is 0 Å². The summed E-state index contributed by atoms with van der Waals surface area (Å²) in [6, 6.07) is 14.6. The molecule has 0 aliphatic rings. The first-order valence-corrected chi connectivity index (χ1v) is 6.72. The van der Waals surface area contributed by atoms with Crippen molar-refractivity contribution in [3.05, 3.63) is 54.1 Å². The first-order chi connectivity index (χ1) is 8.69. The molecule has 0 radical (unpaired) electrons. The lowest BCUT2D eigenvalue weighted by atomic mass is 10.2. The highest BCUT2D eigenvalue weighted by Crippen LogP contribution is 2.19. The zero-order valence-corrected chi connectivity index (χ0v) is 10.8. The molecule has 0 aliphatic heterocycles. The van der Waals surface area contributed by atoms with E-state index < -0.39 is 0 Å². The van der Waals surface area contributed by atoms with Crippen molar-refractivity contribution in [1.29, 1.82) is 0 Å². The molecule has 0 aromatic heterocycles. The molecule has 2 aromatic rings. The third kappa shape index (κ3) is 3.05. The first kappa shape index (κ1) is 12.5. The van der Waals surface area contributed by atoms with E-state index in [0.717, 1.165) is 10.6 Å². The minimum atomic E-state index is -0.152. The van der Waals surface area contributed by atoms with Crippen LogP contribution in [0.3, 0.4) is 0 Å². The van der Waals surface area contributed by atoms with E-state index in [1.54, 1.807) is 36.0 Å². The third-order valence-corrected chi connectivity index (χ3v) is 3.20. The van der Waals surface area contributed by atoms with Crippen molar-refractivity contribution < 1.29 is 4.79 Å². The van der Waals surface area contributed by atoms with Crippen LogP contribution in [0.25, 0.3) is 0 Å². The Bertz CT molecular complexity index is 569. The molecule has 0 saturated carbocycles. The Morgan fingerprint density at radius 3 is 2.67 bits per heavy atom. The maximum atomic E-state index is 12.0. The molecule has 0 atom stereocenters. The van der Waals surface area contributed by atoms with E-state index in [1.807, 2.05) is 30.5 Å². The number of carbonyl (C=O) groups is 1. The van der Waals surface area contributed by atoms with E-state index in [1.165, 1.54) is 0 Å². The lowest BCUT2D eigenvalue weighted by molar-refractivity contribution is 0.102. The van der Waals surface area contributed by atoms with Crippen molar-refractivity contribution in [3.63, 3.8) is 0 Å². The quantitative estimate of drug-likeness (QED) is 0.656. The van der Waals surface area contributed by atoms with Gasteiger partial charge in [-0.1, -0.05) is 12.1 Å². The second-order valence-electron chi connectivity index (χ2n) is 3.81. The van der Waals surface area contributed by atoms with Crippen LogP contribution >= 0.6 is 11.8 Å². The molecule has 0 bridgehead atoms. The van der Waals surface area contributed by atoms with Crippen LogP contribution in [0.5, 0.6) is 0 Å². The van der Waals surface area contributed by atoms with Crippen LogP contribution in [0.1, 0.15) is 10.4 Å². The smallest absolute Gasteiger partial charge is 0.255 e. The van der Waals surface area contributed by atoms with E-state index in [2.05, 4.69) is 5.32 Å². The van der Waals surface area contributed by atoms with Gasteiger partial charge in [0.25, 0.3) is 5.91 Å². The number of amides is 1. The minimum Gasteiger partial charge on any atom is -0.399 e. The number of benzene rings is 2. The molecule has 0 saturated heterocycles. The van der Waals surface area contributed by atoms with Gasteiger partial charge in [-0.05, 0) is 42.7 Å². The molecule has 0 spiro atoms. The maximum Gasteiger partial charge on any atom is 0.255 e.